The summed E-state index contributed by atoms with van der Waals surface area (Å²) in [6, 6.07) is 10.7. The first kappa shape index (κ1) is 11.5. The molecule has 0 fully saturated rings. The molecule has 2 heterocycles. The Bertz CT molecular complexity index is 707. The number of hydrogen-bond acceptors (Lipinski definition) is 0. The summed E-state index contributed by atoms with van der Waals surface area (Å²) < 4.78 is 2.32. The third-order valence-corrected chi connectivity index (χ3v) is 4.48. The predicted octanol–water partition coefficient (Wildman–Crippen LogP) is 3.49. The number of benzene rings is 1. The standard InChI is InChI=1S/C15H18N2Si/c1-18(2,3)11-17-9-8-13-12-6-4-5-7-14(12)16-15(13)10-17/h4-10H,11H2,1-3H3/p+1. The summed E-state index contributed by atoms with van der Waals surface area (Å²) in [5.41, 5.74) is 2.45. The van der Waals surface area contributed by atoms with E-state index in [-0.39, 0.29) is 0 Å². The van der Waals surface area contributed by atoms with Gasteiger partial charge >= 0.3 is 0 Å². The molecule has 0 radical (unpaired) electrons. The fourth-order valence-corrected chi connectivity index (χ4v) is 3.78. The summed E-state index contributed by atoms with van der Waals surface area (Å²) in [5, 5.41) is 2.63. The lowest BCUT2D eigenvalue weighted by atomic mass is 10.2. The van der Waals surface area contributed by atoms with Gasteiger partial charge in [-0.05, 0) is 6.07 Å². The Hall–Kier alpha value is -1.61. The van der Waals surface area contributed by atoms with Gasteiger partial charge in [-0.1, -0.05) is 37.8 Å². The maximum Gasteiger partial charge on any atom is 0.192 e. The van der Waals surface area contributed by atoms with Crippen molar-refractivity contribution in [2.75, 3.05) is 0 Å². The van der Waals surface area contributed by atoms with E-state index in [1.54, 1.807) is 0 Å². The van der Waals surface area contributed by atoms with Crippen LogP contribution in [0.2, 0.25) is 19.6 Å². The van der Waals surface area contributed by atoms with Gasteiger partial charge in [0, 0.05) is 22.4 Å². The Kier molecular flexibility index (Phi) is 2.52. The van der Waals surface area contributed by atoms with E-state index in [9.17, 15) is 0 Å². The van der Waals surface area contributed by atoms with Crippen LogP contribution in [-0.4, -0.2) is 13.1 Å². The van der Waals surface area contributed by atoms with Gasteiger partial charge in [0.1, 0.15) is 19.8 Å². The van der Waals surface area contributed by atoms with Gasteiger partial charge in [-0.25, -0.2) is 4.57 Å². The molecule has 0 spiro atoms. The monoisotopic (exact) mass is 255 g/mol. The van der Waals surface area contributed by atoms with Crippen molar-refractivity contribution < 1.29 is 4.57 Å². The molecule has 1 N–H and O–H groups in total. The van der Waals surface area contributed by atoms with Crippen molar-refractivity contribution >= 4 is 29.9 Å². The third kappa shape index (κ3) is 2.06. The SMILES string of the molecule is C[Si](C)(C)C[n+]1ccc2c(c1)[nH]c1ccccc12. The maximum atomic E-state index is 3.50. The van der Waals surface area contributed by atoms with Crippen molar-refractivity contribution in [3.05, 3.63) is 42.7 Å². The smallest absolute Gasteiger partial charge is 0.192 e. The Balaban J connectivity index is 2.15. The summed E-state index contributed by atoms with van der Waals surface area (Å²) in [7, 11) is -1.08. The van der Waals surface area contributed by atoms with E-state index in [1.807, 2.05) is 0 Å². The first-order valence-electron chi connectivity index (χ1n) is 6.42. The predicted molar refractivity (Wildman–Crippen MR) is 79.3 cm³/mol. The number of rotatable bonds is 2. The molecule has 0 saturated heterocycles. The minimum absolute atomic E-state index is 1.08. The summed E-state index contributed by atoms with van der Waals surface area (Å²) in [6.45, 7) is 7.19. The molecule has 3 rings (SSSR count). The number of nitrogens with one attached hydrogen (secondary N) is 1. The number of aromatic nitrogens is 2. The Morgan fingerprint density at radius 2 is 1.72 bits per heavy atom. The molecule has 0 aliphatic carbocycles. The molecule has 0 aliphatic heterocycles. The summed E-state index contributed by atoms with van der Waals surface area (Å²) in [4.78, 5) is 3.50. The van der Waals surface area contributed by atoms with Crippen molar-refractivity contribution in [3.8, 4) is 0 Å². The van der Waals surface area contributed by atoms with Crippen LogP contribution < -0.4 is 4.57 Å². The van der Waals surface area contributed by atoms with E-state index in [0.29, 0.717) is 0 Å². The molecule has 1 aromatic carbocycles. The fourth-order valence-electron chi connectivity index (χ4n) is 2.49. The highest BCUT2D eigenvalue weighted by atomic mass is 28.3. The topological polar surface area (TPSA) is 19.7 Å². The number of H-pyrrole nitrogens is 1. The summed E-state index contributed by atoms with van der Waals surface area (Å²) >= 11 is 0. The fraction of sp³-hybridized carbons (Fsp3) is 0.267. The Morgan fingerprint density at radius 3 is 2.50 bits per heavy atom. The number of pyridine rings is 1. The lowest BCUT2D eigenvalue weighted by Crippen LogP contribution is -2.45. The van der Waals surface area contributed by atoms with Crippen LogP contribution >= 0.6 is 0 Å². The van der Waals surface area contributed by atoms with Crippen LogP contribution in [0.1, 0.15) is 0 Å². The first-order chi connectivity index (χ1) is 8.53. The number of hydrogen-bond donors (Lipinski definition) is 1. The molecule has 3 aromatic rings. The van der Waals surface area contributed by atoms with Crippen LogP contribution in [0.25, 0.3) is 21.8 Å². The lowest BCUT2D eigenvalue weighted by molar-refractivity contribution is -0.679. The van der Waals surface area contributed by atoms with E-state index in [1.165, 1.54) is 21.8 Å². The summed E-state index contributed by atoms with van der Waals surface area (Å²) in [5.74, 6) is 0. The second-order valence-electron chi connectivity index (χ2n) is 6.18. The zero-order valence-corrected chi connectivity index (χ0v) is 12.2. The van der Waals surface area contributed by atoms with Gasteiger partial charge in [-0.2, -0.15) is 0 Å². The second kappa shape index (κ2) is 3.95. The molecule has 0 saturated carbocycles. The van der Waals surface area contributed by atoms with Crippen molar-refractivity contribution in [1.82, 2.24) is 4.98 Å². The van der Waals surface area contributed by atoms with E-state index in [2.05, 4.69) is 71.9 Å². The van der Waals surface area contributed by atoms with Crippen molar-refractivity contribution in [1.29, 1.82) is 0 Å². The zero-order valence-electron chi connectivity index (χ0n) is 11.2. The van der Waals surface area contributed by atoms with Gasteiger partial charge in [-0.3, -0.25) is 0 Å². The average molecular weight is 255 g/mol. The molecule has 3 heteroatoms. The highest BCUT2D eigenvalue weighted by molar-refractivity contribution is 6.74. The van der Waals surface area contributed by atoms with E-state index in [4.69, 9.17) is 0 Å². The van der Waals surface area contributed by atoms with Gasteiger partial charge in [0.15, 0.2) is 12.4 Å². The lowest BCUT2D eigenvalue weighted by Gasteiger charge is -2.10. The normalized spacial score (nSPS) is 12.4. The minimum Gasteiger partial charge on any atom is -0.350 e. The molecule has 0 atom stereocenters. The summed E-state index contributed by atoms with van der Waals surface area (Å²) in [6.07, 6.45) is 5.62. The quantitative estimate of drug-likeness (QED) is 0.534. The van der Waals surface area contributed by atoms with E-state index >= 15 is 0 Å². The van der Waals surface area contributed by atoms with Gasteiger partial charge in [-0.15, -0.1) is 0 Å². The maximum absolute atomic E-state index is 3.50. The molecule has 18 heavy (non-hydrogen) atoms. The Morgan fingerprint density at radius 1 is 1.00 bits per heavy atom. The van der Waals surface area contributed by atoms with Crippen LogP contribution in [-0.2, 0) is 6.17 Å². The largest absolute Gasteiger partial charge is 0.350 e. The number of nitrogens with zero attached hydrogens (tertiary/aromatic N) is 1. The van der Waals surface area contributed by atoms with Gasteiger partial charge in [0.25, 0.3) is 0 Å². The highest BCUT2D eigenvalue weighted by Gasteiger charge is 2.20. The molecule has 0 amide bonds. The number of para-hydroxylation sites is 1. The third-order valence-electron chi connectivity index (χ3n) is 3.16. The van der Waals surface area contributed by atoms with Crippen molar-refractivity contribution in [2.45, 2.75) is 25.8 Å². The Labute approximate surface area is 108 Å². The molecule has 0 unspecified atom stereocenters. The van der Waals surface area contributed by atoms with Crippen LogP contribution in [0.15, 0.2) is 42.7 Å². The van der Waals surface area contributed by atoms with Crippen LogP contribution in [0.5, 0.6) is 0 Å². The zero-order chi connectivity index (χ0) is 12.8. The van der Waals surface area contributed by atoms with E-state index < -0.39 is 8.07 Å². The molecule has 2 aromatic heterocycles. The first-order valence-corrected chi connectivity index (χ1v) is 10.1. The average Bonchev–Trinajstić information content (AvgIpc) is 2.64. The second-order valence-corrected chi connectivity index (χ2v) is 11.6. The van der Waals surface area contributed by atoms with E-state index in [0.717, 1.165) is 6.17 Å². The van der Waals surface area contributed by atoms with Gasteiger partial charge < -0.3 is 4.98 Å². The molecule has 2 nitrogen and oxygen atoms in total. The van der Waals surface area contributed by atoms with Gasteiger partial charge in [0.05, 0.1) is 0 Å². The number of aromatic amines is 1. The molecule has 0 aliphatic rings. The van der Waals surface area contributed by atoms with Gasteiger partial charge in [0.2, 0.25) is 0 Å². The number of fused-ring (bicyclic) bond motifs is 3. The molecule has 92 valence electrons. The molecular formula is C15H19N2Si+. The van der Waals surface area contributed by atoms with Crippen molar-refractivity contribution in [3.63, 3.8) is 0 Å². The van der Waals surface area contributed by atoms with Crippen LogP contribution in [0.4, 0.5) is 0 Å². The molecular weight excluding hydrogens is 236 g/mol. The van der Waals surface area contributed by atoms with Crippen molar-refractivity contribution in [2.24, 2.45) is 0 Å². The van der Waals surface area contributed by atoms with Crippen LogP contribution in [0.3, 0.4) is 0 Å². The minimum atomic E-state index is -1.08. The molecule has 0 bridgehead atoms. The van der Waals surface area contributed by atoms with Crippen LogP contribution in [0, 0.1) is 0 Å². The highest BCUT2D eigenvalue weighted by Crippen LogP contribution is 2.23.